The number of carbonyl (C=O) groups is 1. The van der Waals surface area contributed by atoms with Crippen molar-refractivity contribution < 1.29 is 4.79 Å². The molecule has 0 aliphatic heterocycles. The van der Waals surface area contributed by atoms with Gasteiger partial charge < -0.3 is 0 Å². The zero-order valence-corrected chi connectivity index (χ0v) is 7.45. The van der Waals surface area contributed by atoms with Crippen molar-refractivity contribution in [3.05, 3.63) is 12.2 Å². The monoisotopic (exact) mass is 190 g/mol. The molecule has 3 heteroatoms. The molecule has 11 heavy (non-hydrogen) atoms. The van der Waals surface area contributed by atoms with Crippen LogP contribution in [0.1, 0.15) is 19.3 Å². The van der Waals surface area contributed by atoms with Crippen LogP contribution >= 0.6 is 23.2 Å². The molecule has 0 aromatic carbocycles. The second-order valence-corrected chi connectivity index (χ2v) is 4.82. The standard InChI is InChI=1S/C8H8Cl2O/c9-8(10)5-7(8)3-1-6(11)2-4-7/h1,3H,2,4-5H2. The SMILES string of the molecule is O=C1C=CC2(CC1)CC2(Cl)Cl. The number of rotatable bonds is 0. The van der Waals surface area contributed by atoms with Gasteiger partial charge in [-0.2, -0.15) is 0 Å². The van der Waals surface area contributed by atoms with Gasteiger partial charge in [-0.15, -0.1) is 23.2 Å². The molecule has 2 aliphatic rings. The average molecular weight is 191 g/mol. The molecular formula is C8H8Cl2O. The number of allylic oxidation sites excluding steroid dienone is 2. The molecule has 2 rings (SSSR count). The van der Waals surface area contributed by atoms with Crippen LogP contribution in [-0.2, 0) is 4.79 Å². The molecule has 0 bridgehead atoms. The molecule has 1 nitrogen and oxygen atoms in total. The zero-order valence-electron chi connectivity index (χ0n) is 5.94. The van der Waals surface area contributed by atoms with E-state index in [0.29, 0.717) is 6.42 Å². The van der Waals surface area contributed by atoms with Gasteiger partial charge in [-0.1, -0.05) is 6.08 Å². The molecule has 1 unspecified atom stereocenters. The first-order valence-corrected chi connectivity index (χ1v) is 4.41. The summed E-state index contributed by atoms with van der Waals surface area (Å²) in [5.41, 5.74) is -0.0655. The fraction of sp³-hybridized carbons (Fsp3) is 0.625. The maximum absolute atomic E-state index is 10.8. The van der Waals surface area contributed by atoms with Gasteiger partial charge >= 0.3 is 0 Å². The summed E-state index contributed by atoms with van der Waals surface area (Å²) in [4.78, 5) is 10.8. The minimum absolute atomic E-state index is 0.0655. The van der Waals surface area contributed by atoms with Gasteiger partial charge in [0, 0.05) is 11.8 Å². The first-order chi connectivity index (χ1) is 5.06. The Morgan fingerprint density at radius 1 is 1.45 bits per heavy atom. The van der Waals surface area contributed by atoms with Crippen LogP contribution in [0.5, 0.6) is 0 Å². The number of hydrogen-bond acceptors (Lipinski definition) is 1. The normalized spacial score (nSPS) is 39.6. The van der Waals surface area contributed by atoms with E-state index in [1.54, 1.807) is 6.08 Å². The summed E-state index contributed by atoms with van der Waals surface area (Å²) in [6.45, 7) is 0. The van der Waals surface area contributed by atoms with Crippen molar-refractivity contribution in [3.8, 4) is 0 Å². The predicted molar refractivity (Wildman–Crippen MR) is 44.9 cm³/mol. The minimum Gasteiger partial charge on any atom is -0.295 e. The topological polar surface area (TPSA) is 17.1 Å². The molecule has 0 aromatic rings. The Balaban J connectivity index is 2.21. The third-order valence-electron chi connectivity index (χ3n) is 2.55. The highest BCUT2D eigenvalue weighted by Gasteiger charge is 2.64. The molecule has 1 atom stereocenters. The van der Waals surface area contributed by atoms with E-state index in [-0.39, 0.29) is 11.2 Å². The Morgan fingerprint density at radius 2 is 2.09 bits per heavy atom. The third-order valence-corrected chi connectivity index (χ3v) is 3.57. The first-order valence-electron chi connectivity index (χ1n) is 3.66. The highest BCUT2D eigenvalue weighted by molar-refractivity contribution is 6.51. The summed E-state index contributed by atoms with van der Waals surface area (Å²) in [6, 6.07) is 0. The van der Waals surface area contributed by atoms with E-state index >= 15 is 0 Å². The average Bonchev–Trinajstić information content (AvgIpc) is 2.44. The first kappa shape index (κ1) is 7.63. The molecule has 1 saturated carbocycles. The summed E-state index contributed by atoms with van der Waals surface area (Å²) in [7, 11) is 0. The van der Waals surface area contributed by atoms with Crippen LogP contribution in [0.2, 0.25) is 0 Å². The van der Waals surface area contributed by atoms with Crippen LogP contribution < -0.4 is 0 Å². The molecule has 1 fully saturated rings. The van der Waals surface area contributed by atoms with Crippen molar-refractivity contribution in [2.75, 3.05) is 0 Å². The van der Waals surface area contributed by atoms with Crippen LogP contribution in [0.4, 0.5) is 0 Å². The lowest BCUT2D eigenvalue weighted by molar-refractivity contribution is -0.115. The molecule has 60 valence electrons. The largest absolute Gasteiger partial charge is 0.295 e. The summed E-state index contributed by atoms with van der Waals surface area (Å²) in [5, 5.41) is 0. The van der Waals surface area contributed by atoms with Crippen molar-refractivity contribution in [3.63, 3.8) is 0 Å². The van der Waals surface area contributed by atoms with E-state index in [4.69, 9.17) is 23.2 Å². The summed E-state index contributed by atoms with van der Waals surface area (Å²) >= 11 is 11.9. The number of halogens is 2. The van der Waals surface area contributed by atoms with Crippen LogP contribution in [0.3, 0.4) is 0 Å². The van der Waals surface area contributed by atoms with Gasteiger partial charge in [0.15, 0.2) is 5.78 Å². The maximum Gasteiger partial charge on any atom is 0.155 e. The van der Waals surface area contributed by atoms with E-state index in [1.165, 1.54) is 0 Å². The molecule has 0 heterocycles. The molecule has 0 N–H and O–H groups in total. The van der Waals surface area contributed by atoms with Crippen molar-refractivity contribution in [1.82, 2.24) is 0 Å². The number of alkyl halides is 2. The molecule has 0 saturated heterocycles. The van der Waals surface area contributed by atoms with Gasteiger partial charge in [-0.3, -0.25) is 4.79 Å². The van der Waals surface area contributed by atoms with Crippen LogP contribution in [-0.4, -0.2) is 10.1 Å². The lowest BCUT2D eigenvalue weighted by Crippen LogP contribution is -2.13. The number of ketones is 1. The Labute approximate surface area is 75.4 Å². The van der Waals surface area contributed by atoms with Gasteiger partial charge in [0.25, 0.3) is 0 Å². The molecule has 1 spiro atoms. The second-order valence-electron chi connectivity index (χ2n) is 3.34. The Kier molecular flexibility index (Phi) is 1.40. The Morgan fingerprint density at radius 3 is 2.45 bits per heavy atom. The quantitative estimate of drug-likeness (QED) is 0.537. The fourth-order valence-corrected chi connectivity index (χ4v) is 2.36. The summed E-state index contributed by atoms with van der Waals surface area (Å²) in [5.74, 6) is 0.187. The lowest BCUT2D eigenvalue weighted by atomic mass is 9.92. The fourth-order valence-electron chi connectivity index (χ4n) is 1.57. The highest BCUT2D eigenvalue weighted by atomic mass is 35.5. The second kappa shape index (κ2) is 2.02. The molecule has 0 amide bonds. The van der Waals surface area contributed by atoms with Gasteiger partial charge in [0.05, 0.1) is 0 Å². The van der Waals surface area contributed by atoms with Crippen molar-refractivity contribution in [2.24, 2.45) is 5.41 Å². The number of carbonyl (C=O) groups excluding carboxylic acids is 1. The van der Waals surface area contributed by atoms with Crippen LogP contribution in [0, 0.1) is 5.41 Å². The predicted octanol–water partition coefficient (Wildman–Crippen LogP) is 2.47. The number of hydrogen-bond donors (Lipinski definition) is 0. The molecular weight excluding hydrogens is 183 g/mol. The Hall–Kier alpha value is -0.0100. The maximum atomic E-state index is 10.8. The van der Waals surface area contributed by atoms with Crippen LogP contribution in [0.15, 0.2) is 12.2 Å². The molecule has 0 radical (unpaired) electrons. The highest BCUT2D eigenvalue weighted by Crippen LogP contribution is 2.68. The van der Waals surface area contributed by atoms with Gasteiger partial charge in [-0.05, 0) is 18.9 Å². The van der Waals surface area contributed by atoms with Crippen molar-refractivity contribution in [2.45, 2.75) is 23.6 Å². The van der Waals surface area contributed by atoms with Gasteiger partial charge in [0.1, 0.15) is 4.33 Å². The van der Waals surface area contributed by atoms with E-state index in [2.05, 4.69) is 0 Å². The molecule has 2 aliphatic carbocycles. The van der Waals surface area contributed by atoms with Gasteiger partial charge in [0.2, 0.25) is 0 Å². The van der Waals surface area contributed by atoms with E-state index in [1.807, 2.05) is 6.08 Å². The molecule has 0 aromatic heterocycles. The summed E-state index contributed by atoms with van der Waals surface area (Å²) in [6.07, 6.45) is 5.69. The zero-order chi connectivity index (χ0) is 8.11. The summed E-state index contributed by atoms with van der Waals surface area (Å²) < 4.78 is -0.593. The van der Waals surface area contributed by atoms with Crippen molar-refractivity contribution in [1.29, 1.82) is 0 Å². The lowest BCUT2D eigenvalue weighted by Gasteiger charge is -2.15. The van der Waals surface area contributed by atoms with Crippen LogP contribution in [0.25, 0.3) is 0 Å². The smallest absolute Gasteiger partial charge is 0.155 e. The van der Waals surface area contributed by atoms with Crippen molar-refractivity contribution >= 4 is 29.0 Å². The van der Waals surface area contributed by atoms with E-state index in [9.17, 15) is 4.79 Å². The Bertz CT molecular complexity index is 244. The van der Waals surface area contributed by atoms with Gasteiger partial charge in [-0.25, -0.2) is 0 Å². The van der Waals surface area contributed by atoms with E-state index in [0.717, 1.165) is 12.8 Å². The van der Waals surface area contributed by atoms with E-state index < -0.39 is 4.33 Å². The third kappa shape index (κ3) is 1.02. The minimum atomic E-state index is -0.593.